The summed E-state index contributed by atoms with van der Waals surface area (Å²) in [5, 5.41) is 0.268. The van der Waals surface area contributed by atoms with E-state index in [1.807, 2.05) is 13.2 Å². The van der Waals surface area contributed by atoms with Crippen molar-refractivity contribution in [1.29, 1.82) is 0 Å². The molecule has 1 heterocycles. The van der Waals surface area contributed by atoms with Crippen molar-refractivity contribution in [3.05, 3.63) is 12.7 Å². The average Bonchev–Trinajstić information content (AvgIpc) is 2.44. The van der Waals surface area contributed by atoms with Crippen LogP contribution in [0.5, 0.6) is 0 Å². The lowest BCUT2D eigenvalue weighted by Crippen LogP contribution is -2.42. The molecule has 1 saturated heterocycles. The van der Waals surface area contributed by atoms with Crippen LogP contribution in [0.25, 0.3) is 0 Å². The zero-order chi connectivity index (χ0) is 17.7. The van der Waals surface area contributed by atoms with E-state index in [1.54, 1.807) is 0 Å². The van der Waals surface area contributed by atoms with Crippen LogP contribution in [0.15, 0.2) is 12.7 Å². The fourth-order valence-corrected chi connectivity index (χ4v) is 3.97. The van der Waals surface area contributed by atoms with Crippen LogP contribution in [-0.4, -0.2) is 40.3 Å². The first-order chi connectivity index (χ1) is 10.6. The fourth-order valence-electron chi connectivity index (χ4n) is 2.83. The molecule has 0 radical (unpaired) electrons. The molecule has 1 rings (SSSR count). The van der Waals surface area contributed by atoms with Crippen molar-refractivity contribution in [1.82, 2.24) is 0 Å². The molecule has 0 aromatic rings. The molecule has 0 aliphatic carbocycles. The minimum Gasteiger partial charge on any atom is -0.417 e. The molecule has 0 bridgehead atoms. The van der Waals surface area contributed by atoms with Crippen molar-refractivity contribution in [3.8, 4) is 0 Å². The average molecular weight is 343 g/mol. The highest BCUT2D eigenvalue weighted by Crippen LogP contribution is 2.37. The van der Waals surface area contributed by atoms with Crippen LogP contribution in [-0.2, 0) is 13.9 Å². The first-order valence-electron chi connectivity index (χ1n) is 9.02. The van der Waals surface area contributed by atoms with Gasteiger partial charge in [0, 0.05) is 20.1 Å². The molecule has 0 unspecified atom stereocenters. The van der Waals surface area contributed by atoms with Crippen LogP contribution in [0.2, 0.25) is 18.1 Å². The summed E-state index contributed by atoms with van der Waals surface area (Å²) >= 11 is 0. The van der Waals surface area contributed by atoms with Gasteiger partial charge in [0.25, 0.3) is 0 Å². The molecule has 1 fully saturated rings. The van der Waals surface area contributed by atoms with Crippen LogP contribution in [0.1, 0.15) is 53.4 Å². The third-order valence-corrected chi connectivity index (χ3v) is 9.90. The highest BCUT2D eigenvalue weighted by Gasteiger charge is 2.37. The Morgan fingerprint density at radius 3 is 2.39 bits per heavy atom. The molecule has 1 aliphatic heterocycles. The van der Waals surface area contributed by atoms with E-state index >= 15 is 0 Å². The number of hydrogen-bond acceptors (Lipinski definition) is 3. The van der Waals surface area contributed by atoms with Crippen molar-refractivity contribution < 1.29 is 13.9 Å². The quantitative estimate of drug-likeness (QED) is 0.450. The van der Waals surface area contributed by atoms with E-state index in [0.29, 0.717) is 12.0 Å². The second-order valence-electron chi connectivity index (χ2n) is 8.65. The van der Waals surface area contributed by atoms with Gasteiger partial charge in [0.2, 0.25) is 0 Å². The number of rotatable bonds is 8. The number of ether oxygens (including phenoxy) is 2. The standard InChI is InChI=1S/C19H38O3Si/c1-9-10-16-12-17(20-6)13-18(22-16)11-15(2)14-21-23(7,8)19(3,4)5/h9,15-18H,1,10-14H2,2-8H3/t15-,16+,17+,18-/m1/s1. The van der Waals surface area contributed by atoms with E-state index in [4.69, 9.17) is 13.9 Å². The summed E-state index contributed by atoms with van der Waals surface area (Å²) < 4.78 is 18.2. The second kappa shape index (κ2) is 8.79. The van der Waals surface area contributed by atoms with Crippen molar-refractivity contribution >= 4 is 8.32 Å². The smallest absolute Gasteiger partial charge is 0.191 e. The Morgan fingerprint density at radius 1 is 1.26 bits per heavy atom. The number of methoxy groups -OCH3 is 1. The van der Waals surface area contributed by atoms with E-state index in [2.05, 4.69) is 47.4 Å². The Bertz CT molecular complexity index is 362. The highest BCUT2D eigenvalue weighted by molar-refractivity contribution is 6.74. The minimum absolute atomic E-state index is 0.254. The molecule has 0 spiro atoms. The largest absolute Gasteiger partial charge is 0.417 e. The Balaban J connectivity index is 2.49. The summed E-state index contributed by atoms with van der Waals surface area (Å²) in [5.74, 6) is 0.508. The van der Waals surface area contributed by atoms with E-state index in [1.165, 1.54) is 0 Å². The zero-order valence-electron chi connectivity index (χ0n) is 16.4. The second-order valence-corrected chi connectivity index (χ2v) is 13.5. The summed E-state index contributed by atoms with van der Waals surface area (Å²) in [6.45, 7) is 18.4. The lowest BCUT2D eigenvalue weighted by Gasteiger charge is -2.38. The molecule has 4 atom stereocenters. The van der Waals surface area contributed by atoms with Gasteiger partial charge in [0.05, 0.1) is 18.3 Å². The Morgan fingerprint density at radius 2 is 1.87 bits per heavy atom. The van der Waals surface area contributed by atoms with Gasteiger partial charge in [0.15, 0.2) is 8.32 Å². The third-order valence-electron chi connectivity index (χ3n) is 5.40. The van der Waals surface area contributed by atoms with E-state index in [-0.39, 0.29) is 17.2 Å². The van der Waals surface area contributed by atoms with Crippen LogP contribution in [0.3, 0.4) is 0 Å². The first-order valence-corrected chi connectivity index (χ1v) is 11.9. The molecular formula is C19H38O3Si. The maximum atomic E-state index is 6.36. The van der Waals surface area contributed by atoms with Gasteiger partial charge < -0.3 is 13.9 Å². The summed E-state index contributed by atoms with van der Waals surface area (Å²) in [6, 6.07) is 0. The van der Waals surface area contributed by atoms with E-state index in [9.17, 15) is 0 Å². The minimum atomic E-state index is -1.66. The van der Waals surface area contributed by atoms with Crippen LogP contribution in [0.4, 0.5) is 0 Å². The lowest BCUT2D eigenvalue weighted by molar-refractivity contribution is -0.111. The monoisotopic (exact) mass is 342 g/mol. The normalized spacial score (nSPS) is 27.7. The number of hydrogen-bond donors (Lipinski definition) is 0. The highest BCUT2D eigenvalue weighted by atomic mass is 28.4. The lowest BCUT2D eigenvalue weighted by atomic mass is 9.93. The Hall–Kier alpha value is -0.163. The molecule has 0 aromatic heterocycles. The predicted molar refractivity (Wildman–Crippen MR) is 100 cm³/mol. The van der Waals surface area contributed by atoms with Crippen LogP contribution >= 0.6 is 0 Å². The molecule has 136 valence electrons. The van der Waals surface area contributed by atoms with Gasteiger partial charge in [-0.25, -0.2) is 0 Å². The van der Waals surface area contributed by atoms with Gasteiger partial charge >= 0.3 is 0 Å². The fraction of sp³-hybridized carbons (Fsp3) is 0.895. The summed E-state index contributed by atoms with van der Waals surface area (Å²) in [5.41, 5.74) is 0. The maximum absolute atomic E-state index is 6.36. The molecule has 4 heteroatoms. The molecule has 0 aromatic carbocycles. The molecular weight excluding hydrogens is 304 g/mol. The first kappa shape index (κ1) is 20.9. The molecule has 1 aliphatic rings. The summed E-state index contributed by atoms with van der Waals surface area (Å²) in [4.78, 5) is 0. The molecule has 23 heavy (non-hydrogen) atoms. The molecule has 0 amide bonds. The van der Waals surface area contributed by atoms with Gasteiger partial charge in [-0.05, 0) is 43.3 Å². The molecule has 3 nitrogen and oxygen atoms in total. The summed E-state index contributed by atoms with van der Waals surface area (Å²) in [7, 11) is 0.149. The van der Waals surface area contributed by atoms with Crippen molar-refractivity contribution in [2.75, 3.05) is 13.7 Å². The van der Waals surface area contributed by atoms with E-state index in [0.717, 1.165) is 32.3 Å². The van der Waals surface area contributed by atoms with Gasteiger partial charge in [-0.3, -0.25) is 0 Å². The van der Waals surface area contributed by atoms with Crippen molar-refractivity contribution in [2.24, 2.45) is 5.92 Å². The predicted octanol–water partition coefficient (Wildman–Crippen LogP) is 5.17. The Labute approximate surface area is 144 Å². The van der Waals surface area contributed by atoms with Gasteiger partial charge in [-0.15, -0.1) is 6.58 Å². The SMILES string of the molecule is C=CC[C@H]1C[C@H](OC)C[C@@H](C[C@@H](C)CO[Si](C)(C)C(C)(C)C)O1. The van der Waals surface area contributed by atoms with Gasteiger partial charge in [0.1, 0.15) is 0 Å². The van der Waals surface area contributed by atoms with Crippen LogP contribution in [0, 0.1) is 5.92 Å². The van der Waals surface area contributed by atoms with E-state index < -0.39 is 8.32 Å². The topological polar surface area (TPSA) is 27.7 Å². The third kappa shape index (κ3) is 6.69. The van der Waals surface area contributed by atoms with Gasteiger partial charge in [-0.1, -0.05) is 33.8 Å². The molecule has 0 N–H and O–H groups in total. The maximum Gasteiger partial charge on any atom is 0.191 e. The van der Waals surface area contributed by atoms with Gasteiger partial charge in [-0.2, -0.15) is 0 Å². The summed E-state index contributed by atoms with van der Waals surface area (Å²) in [6.07, 6.45) is 6.72. The zero-order valence-corrected chi connectivity index (χ0v) is 17.4. The molecule has 0 saturated carbocycles. The van der Waals surface area contributed by atoms with Crippen molar-refractivity contribution in [3.63, 3.8) is 0 Å². The Kier molecular flexibility index (Phi) is 7.98. The van der Waals surface area contributed by atoms with Crippen molar-refractivity contribution in [2.45, 2.75) is 89.8 Å². The van der Waals surface area contributed by atoms with Crippen LogP contribution < -0.4 is 0 Å².